The molecule has 13 heavy (non-hydrogen) atoms. The molecule has 0 aliphatic heterocycles. The van der Waals surface area contributed by atoms with Crippen molar-refractivity contribution in [3.05, 3.63) is 5.66 Å². The van der Waals surface area contributed by atoms with E-state index in [-0.39, 0.29) is 24.7 Å². The van der Waals surface area contributed by atoms with E-state index in [2.05, 4.69) is 0 Å². The summed E-state index contributed by atoms with van der Waals surface area (Å²) in [5.74, 6) is -0.259. The molecule has 0 amide bonds. The zero-order chi connectivity index (χ0) is 10.5. The van der Waals surface area contributed by atoms with E-state index >= 15 is 0 Å². The Morgan fingerprint density at radius 2 is 1.54 bits per heavy atom. The fourth-order valence-electron chi connectivity index (χ4n) is 0.764. The van der Waals surface area contributed by atoms with E-state index in [0.29, 0.717) is 0 Å². The van der Waals surface area contributed by atoms with Gasteiger partial charge < -0.3 is 9.05 Å². The number of carbonyl (C=O) groups excluding carboxylic acids is 1. The van der Waals surface area contributed by atoms with Crippen LogP contribution in [-0.4, -0.2) is 19.0 Å². The molecule has 0 saturated carbocycles. The van der Waals surface area contributed by atoms with Crippen molar-refractivity contribution in [1.29, 1.82) is 0 Å². The molecule has 1 radical (unpaired) electrons. The van der Waals surface area contributed by atoms with Crippen molar-refractivity contribution < 1.29 is 18.4 Å². The van der Waals surface area contributed by atoms with Crippen LogP contribution < -0.4 is 0 Å². The van der Waals surface area contributed by atoms with Crippen LogP contribution in [0.25, 0.3) is 0 Å². The molecule has 5 heteroatoms. The number of hydrogen-bond donors (Lipinski definition) is 0. The average Bonchev–Trinajstić information content (AvgIpc) is 2.03. The molecule has 0 aliphatic carbocycles. The second-order valence-corrected chi connectivity index (χ2v) is 4.66. The Balaban J connectivity index is 4.57. The van der Waals surface area contributed by atoms with Crippen LogP contribution in [0.15, 0.2) is 0 Å². The molecule has 0 fully saturated rings. The minimum Gasteiger partial charge on any atom is -0.308 e. The average molecular weight is 207 g/mol. The van der Waals surface area contributed by atoms with Gasteiger partial charge in [-0.2, -0.15) is 0 Å². The number of hydrogen-bond acceptors (Lipinski definition) is 4. The van der Waals surface area contributed by atoms with E-state index < -0.39 is 7.60 Å². The molecule has 0 aromatic carbocycles. The first kappa shape index (κ1) is 12.8. The Bertz CT molecular complexity index is 204. The van der Waals surface area contributed by atoms with E-state index in [0.717, 1.165) is 0 Å². The Hall–Kier alpha value is -0.180. The molecule has 0 atom stereocenters. The first-order chi connectivity index (χ1) is 5.98. The van der Waals surface area contributed by atoms with Crippen molar-refractivity contribution in [3.8, 4) is 0 Å². The van der Waals surface area contributed by atoms with Crippen LogP contribution in [-0.2, 0) is 18.4 Å². The smallest absolute Gasteiger partial charge is 0.308 e. The highest BCUT2D eigenvalue weighted by atomic mass is 31.2. The van der Waals surface area contributed by atoms with Crippen LogP contribution in [0, 0.1) is 5.66 Å². The summed E-state index contributed by atoms with van der Waals surface area (Å²) in [5, 5.41) is 0. The summed E-state index contributed by atoms with van der Waals surface area (Å²) in [5.41, 5.74) is 0.163. The molecule has 0 spiro atoms. The van der Waals surface area contributed by atoms with Gasteiger partial charge in [-0.05, 0) is 27.7 Å². The largest absolute Gasteiger partial charge is 0.345 e. The van der Waals surface area contributed by atoms with Crippen LogP contribution >= 0.6 is 7.60 Å². The summed E-state index contributed by atoms with van der Waals surface area (Å²) in [6.45, 7) is 6.77. The van der Waals surface area contributed by atoms with E-state index in [1.165, 1.54) is 13.8 Å². The fourth-order valence-corrected chi connectivity index (χ4v) is 2.29. The predicted octanol–water partition coefficient (Wildman–Crippen LogP) is 2.39. The van der Waals surface area contributed by atoms with E-state index in [4.69, 9.17) is 9.05 Å². The number of carbonyl (C=O) groups is 1. The molecule has 77 valence electrons. The van der Waals surface area contributed by atoms with Gasteiger partial charge in [-0.15, -0.1) is 0 Å². The molecule has 0 aliphatic rings. The summed E-state index contributed by atoms with van der Waals surface area (Å²) >= 11 is 0. The van der Waals surface area contributed by atoms with Crippen LogP contribution in [0.3, 0.4) is 0 Å². The highest BCUT2D eigenvalue weighted by Gasteiger charge is 2.35. The molecular formula is C8H16O4P. The Morgan fingerprint density at radius 1 is 1.15 bits per heavy atom. The molecule has 0 saturated heterocycles. The van der Waals surface area contributed by atoms with Gasteiger partial charge in [0.25, 0.3) is 0 Å². The van der Waals surface area contributed by atoms with Crippen molar-refractivity contribution >= 4 is 13.4 Å². The molecule has 4 nitrogen and oxygen atoms in total. The molecule has 0 bridgehead atoms. The lowest BCUT2D eigenvalue weighted by molar-refractivity contribution is -0.114. The minimum absolute atomic E-state index is 0.163. The van der Waals surface area contributed by atoms with Gasteiger partial charge in [0.05, 0.1) is 13.2 Å². The molecule has 0 aromatic heterocycles. The molecule has 0 N–H and O–H groups in total. The third-order valence-corrected chi connectivity index (χ3v) is 3.85. The van der Waals surface area contributed by atoms with Crippen molar-refractivity contribution in [2.75, 3.05) is 13.2 Å². The lowest BCUT2D eigenvalue weighted by Crippen LogP contribution is -2.09. The van der Waals surface area contributed by atoms with Crippen LogP contribution in [0.4, 0.5) is 0 Å². The van der Waals surface area contributed by atoms with Crippen molar-refractivity contribution in [2.45, 2.75) is 27.7 Å². The van der Waals surface area contributed by atoms with E-state index in [1.54, 1.807) is 13.8 Å². The summed E-state index contributed by atoms with van der Waals surface area (Å²) < 4.78 is 21.8. The summed E-state index contributed by atoms with van der Waals surface area (Å²) in [4.78, 5) is 11.0. The van der Waals surface area contributed by atoms with Crippen molar-refractivity contribution in [1.82, 2.24) is 0 Å². The van der Waals surface area contributed by atoms with Crippen LogP contribution in [0.1, 0.15) is 27.7 Å². The predicted molar refractivity (Wildman–Crippen MR) is 50.5 cm³/mol. The first-order valence-corrected chi connectivity index (χ1v) is 5.76. The molecule has 0 rings (SSSR count). The lowest BCUT2D eigenvalue weighted by Gasteiger charge is -2.20. The maximum atomic E-state index is 11.9. The molecular weight excluding hydrogens is 191 g/mol. The third kappa shape index (κ3) is 3.59. The molecule has 0 heterocycles. The van der Waals surface area contributed by atoms with Crippen molar-refractivity contribution in [2.24, 2.45) is 0 Å². The first-order valence-electron chi connectivity index (χ1n) is 4.22. The Labute approximate surface area is 79.1 Å². The fraction of sp³-hybridized carbons (Fsp3) is 0.750. The van der Waals surface area contributed by atoms with Gasteiger partial charge in [0.1, 0.15) is 5.78 Å². The normalized spacial score (nSPS) is 12.1. The molecule has 0 aromatic rings. The monoisotopic (exact) mass is 207 g/mol. The van der Waals surface area contributed by atoms with Gasteiger partial charge in [0, 0.05) is 0 Å². The lowest BCUT2D eigenvalue weighted by atomic mass is 10.3. The topological polar surface area (TPSA) is 52.6 Å². The Kier molecular flexibility index (Phi) is 5.45. The summed E-state index contributed by atoms with van der Waals surface area (Å²) in [7, 11) is -3.30. The summed E-state index contributed by atoms with van der Waals surface area (Å²) in [6, 6.07) is 0. The van der Waals surface area contributed by atoms with Gasteiger partial charge in [0.2, 0.25) is 0 Å². The van der Waals surface area contributed by atoms with Crippen LogP contribution in [0.2, 0.25) is 0 Å². The standard InChI is InChI=1S/C8H16O4P/c1-5-11-13(10,12-6-2)8(4)7(3)9/h5-6H2,1-4H3. The van der Waals surface area contributed by atoms with E-state index in [1.807, 2.05) is 0 Å². The SMILES string of the molecule is CCOP(=O)(OCC)[C](C)C(C)=O. The number of Topliss-reactive ketones (excluding diaryl/α,β-unsaturated/α-hetero) is 1. The zero-order valence-corrected chi connectivity index (χ0v) is 9.39. The second kappa shape index (κ2) is 5.53. The second-order valence-electron chi connectivity index (χ2n) is 2.47. The maximum Gasteiger partial charge on any atom is 0.345 e. The number of rotatable bonds is 6. The van der Waals surface area contributed by atoms with Gasteiger partial charge in [0.15, 0.2) is 5.66 Å². The van der Waals surface area contributed by atoms with Gasteiger partial charge in [-0.25, -0.2) is 0 Å². The zero-order valence-electron chi connectivity index (χ0n) is 8.49. The minimum atomic E-state index is -3.30. The van der Waals surface area contributed by atoms with Crippen LogP contribution in [0.5, 0.6) is 0 Å². The highest BCUT2D eigenvalue weighted by molar-refractivity contribution is 7.58. The highest BCUT2D eigenvalue weighted by Crippen LogP contribution is 2.57. The summed E-state index contributed by atoms with van der Waals surface area (Å²) in [6.07, 6.45) is 0. The number of ketones is 1. The third-order valence-electron chi connectivity index (χ3n) is 1.52. The quantitative estimate of drug-likeness (QED) is 0.627. The van der Waals surface area contributed by atoms with Gasteiger partial charge in [-0.1, -0.05) is 0 Å². The van der Waals surface area contributed by atoms with Gasteiger partial charge in [-0.3, -0.25) is 9.36 Å². The maximum absolute atomic E-state index is 11.9. The van der Waals surface area contributed by atoms with E-state index in [9.17, 15) is 9.36 Å². The molecule has 0 unspecified atom stereocenters. The van der Waals surface area contributed by atoms with Gasteiger partial charge >= 0.3 is 7.60 Å². The Morgan fingerprint density at radius 3 is 1.77 bits per heavy atom. The van der Waals surface area contributed by atoms with Crippen molar-refractivity contribution in [3.63, 3.8) is 0 Å².